The Morgan fingerprint density at radius 3 is 1.76 bits per heavy atom. The molecule has 0 atom stereocenters. The summed E-state index contributed by atoms with van der Waals surface area (Å²) < 4.78 is 17.3. The molecule has 0 bridgehead atoms. The summed E-state index contributed by atoms with van der Waals surface area (Å²) in [6, 6.07) is 59.2. The fourth-order valence-electron chi connectivity index (χ4n) is 8.87. The van der Waals surface area contributed by atoms with Gasteiger partial charge >= 0.3 is 0 Å². The van der Waals surface area contributed by atoms with E-state index in [4.69, 9.17) is 8.83 Å². The number of nitriles is 1. The average Bonchev–Trinajstić information content (AvgIpc) is 3.98. The summed E-state index contributed by atoms with van der Waals surface area (Å²) in [5.74, 6) is 0. The van der Waals surface area contributed by atoms with Gasteiger partial charge < -0.3 is 18.0 Å². The molecule has 4 heterocycles. The highest BCUT2D eigenvalue weighted by molar-refractivity contribution is 6.27. The summed E-state index contributed by atoms with van der Waals surface area (Å²) in [7, 11) is 0. The molecule has 0 fully saturated rings. The zero-order valence-electron chi connectivity index (χ0n) is 28.7. The number of hydrogen-bond acceptors (Lipinski definition) is 3. The van der Waals surface area contributed by atoms with Crippen molar-refractivity contribution in [2.45, 2.75) is 0 Å². The molecule has 250 valence electrons. The molecule has 0 saturated carbocycles. The van der Waals surface area contributed by atoms with Crippen molar-refractivity contribution in [2.24, 2.45) is 0 Å². The number of nitrogens with zero attached hydrogens (tertiary/aromatic N) is 3. The van der Waals surface area contributed by atoms with Crippen LogP contribution in [0, 0.1) is 11.3 Å². The lowest BCUT2D eigenvalue weighted by atomic mass is 9.99. The molecular weight excluding hydrogens is 663 g/mol. The summed E-state index contributed by atoms with van der Waals surface area (Å²) in [5, 5.41) is 19.6. The van der Waals surface area contributed by atoms with E-state index in [9.17, 15) is 5.26 Å². The van der Waals surface area contributed by atoms with Crippen LogP contribution in [-0.2, 0) is 0 Å². The van der Waals surface area contributed by atoms with Gasteiger partial charge in [0.2, 0.25) is 0 Å². The Morgan fingerprint density at radius 2 is 1.00 bits per heavy atom. The first-order chi connectivity index (χ1) is 26.7. The topological polar surface area (TPSA) is 59.9 Å². The molecule has 4 aromatic heterocycles. The Kier molecular flexibility index (Phi) is 5.78. The van der Waals surface area contributed by atoms with Gasteiger partial charge in [0.15, 0.2) is 0 Å². The zero-order chi connectivity index (χ0) is 35.5. The molecule has 0 aliphatic rings. The van der Waals surface area contributed by atoms with Crippen molar-refractivity contribution in [1.82, 2.24) is 9.13 Å². The van der Waals surface area contributed by atoms with E-state index in [1.807, 2.05) is 30.3 Å². The maximum atomic E-state index is 10.6. The summed E-state index contributed by atoms with van der Waals surface area (Å²) in [6.45, 7) is 0. The second-order valence-corrected chi connectivity index (χ2v) is 14.0. The molecule has 0 N–H and O–H groups in total. The molecule has 5 heteroatoms. The van der Waals surface area contributed by atoms with Crippen LogP contribution in [0.1, 0.15) is 5.56 Å². The monoisotopic (exact) mass is 689 g/mol. The highest BCUT2D eigenvalue weighted by Gasteiger charge is 2.21. The number of furan rings is 2. The van der Waals surface area contributed by atoms with E-state index in [1.165, 1.54) is 0 Å². The van der Waals surface area contributed by atoms with Gasteiger partial charge in [-0.05, 0) is 83.9 Å². The lowest BCUT2D eigenvalue weighted by molar-refractivity contribution is 0.669. The average molecular weight is 690 g/mol. The summed E-state index contributed by atoms with van der Waals surface area (Å²) in [6.07, 6.45) is 0. The van der Waals surface area contributed by atoms with Crippen LogP contribution in [0.4, 0.5) is 0 Å². The fourth-order valence-corrected chi connectivity index (χ4v) is 8.87. The van der Waals surface area contributed by atoms with Crippen molar-refractivity contribution in [1.29, 1.82) is 5.26 Å². The number of aromatic nitrogens is 2. The highest BCUT2D eigenvalue weighted by Crippen LogP contribution is 2.43. The molecule has 0 spiro atoms. The number of hydrogen-bond donors (Lipinski definition) is 0. The second kappa shape index (κ2) is 10.7. The molecule has 12 rings (SSSR count). The van der Waals surface area contributed by atoms with E-state index in [1.54, 1.807) is 0 Å². The predicted octanol–water partition coefficient (Wildman–Crippen LogP) is 13.2. The Balaban J connectivity index is 0.998. The van der Waals surface area contributed by atoms with E-state index >= 15 is 0 Å². The van der Waals surface area contributed by atoms with Crippen molar-refractivity contribution < 1.29 is 8.83 Å². The maximum absolute atomic E-state index is 10.6. The minimum atomic E-state index is 0.616. The molecule has 0 aliphatic carbocycles. The van der Waals surface area contributed by atoms with Gasteiger partial charge in [0.05, 0.1) is 39.1 Å². The molecule has 0 amide bonds. The molecular formula is C49H27N3O2. The maximum Gasteiger partial charge on any atom is 0.145 e. The van der Waals surface area contributed by atoms with E-state index in [0.29, 0.717) is 5.56 Å². The lowest BCUT2D eigenvalue weighted by Crippen LogP contribution is -1.97. The molecule has 0 saturated heterocycles. The van der Waals surface area contributed by atoms with E-state index < -0.39 is 0 Å². The van der Waals surface area contributed by atoms with Gasteiger partial charge in [-0.2, -0.15) is 5.26 Å². The van der Waals surface area contributed by atoms with Gasteiger partial charge in [-0.1, -0.05) is 91.0 Å². The van der Waals surface area contributed by atoms with Crippen molar-refractivity contribution in [3.05, 3.63) is 169 Å². The molecule has 5 nitrogen and oxygen atoms in total. The van der Waals surface area contributed by atoms with Gasteiger partial charge in [0.25, 0.3) is 0 Å². The van der Waals surface area contributed by atoms with Gasteiger partial charge in [-0.15, -0.1) is 0 Å². The van der Waals surface area contributed by atoms with Gasteiger partial charge in [-0.3, -0.25) is 0 Å². The Bertz CT molecular complexity index is 3570. The van der Waals surface area contributed by atoms with Crippen molar-refractivity contribution >= 4 is 87.5 Å². The number of benzene rings is 8. The summed E-state index contributed by atoms with van der Waals surface area (Å²) in [4.78, 5) is 0. The number of para-hydroxylation sites is 4. The highest BCUT2D eigenvalue weighted by atomic mass is 16.3. The normalized spacial score (nSPS) is 12.1. The molecule has 0 radical (unpaired) electrons. The van der Waals surface area contributed by atoms with Gasteiger partial charge in [0, 0.05) is 49.1 Å². The Morgan fingerprint density at radius 1 is 0.407 bits per heavy atom. The molecule has 12 aromatic rings. The first-order valence-corrected chi connectivity index (χ1v) is 18.1. The first-order valence-electron chi connectivity index (χ1n) is 18.1. The zero-order valence-corrected chi connectivity index (χ0v) is 28.7. The lowest BCUT2D eigenvalue weighted by Gasteiger charge is -2.12. The molecule has 8 aromatic carbocycles. The molecule has 0 aliphatic heterocycles. The van der Waals surface area contributed by atoms with Crippen molar-refractivity contribution in [3.8, 4) is 28.6 Å². The third-order valence-corrected chi connectivity index (χ3v) is 11.2. The third kappa shape index (κ3) is 3.86. The van der Waals surface area contributed by atoms with Crippen LogP contribution in [0.3, 0.4) is 0 Å². The second-order valence-electron chi connectivity index (χ2n) is 14.0. The van der Waals surface area contributed by atoms with Gasteiger partial charge in [-0.25, -0.2) is 0 Å². The van der Waals surface area contributed by atoms with Crippen LogP contribution in [0.2, 0.25) is 0 Å². The number of fused-ring (bicyclic) bond motifs is 14. The van der Waals surface area contributed by atoms with Gasteiger partial charge in [0.1, 0.15) is 22.3 Å². The summed E-state index contributed by atoms with van der Waals surface area (Å²) in [5.41, 5.74) is 12.4. The van der Waals surface area contributed by atoms with Crippen LogP contribution in [0.15, 0.2) is 173 Å². The standard InChI is InChI=1S/C49H27N3O2/c50-28-30-27-32(52-39-13-5-1-10-36(39)46-41(52)25-26-45-48(46)38-12-4-8-16-44(38)53-45)21-22-33(30)29-17-19-31(20-18-29)51-40-14-6-2-11-37(40)47-42(51)24-23-35-34-9-3-7-15-43(34)54-49(35)47/h1-27H. The van der Waals surface area contributed by atoms with Crippen LogP contribution in [0.25, 0.3) is 110 Å². The minimum Gasteiger partial charge on any atom is -0.456 e. The van der Waals surface area contributed by atoms with Crippen LogP contribution in [0.5, 0.6) is 0 Å². The number of rotatable bonds is 3. The SMILES string of the molecule is N#Cc1cc(-n2c3ccccc3c3c4c(ccc32)oc2ccccc24)ccc1-c1ccc(-n2c3ccccc3c3c4oc5ccccc5c4ccc32)cc1. The van der Waals surface area contributed by atoms with Crippen LogP contribution in [-0.4, -0.2) is 9.13 Å². The van der Waals surface area contributed by atoms with E-state index in [-0.39, 0.29) is 0 Å². The van der Waals surface area contributed by atoms with Crippen LogP contribution >= 0.6 is 0 Å². The van der Waals surface area contributed by atoms with E-state index in [0.717, 1.165) is 110 Å². The van der Waals surface area contributed by atoms with Crippen molar-refractivity contribution in [3.63, 3.8) is 0 Å². The Labute approximate surface area is 307 Å². The van der Waals surface area contributed by atoms with Crippen molar-refractivity contribution in [2.75, 3.05) is 0 Å². The molecule has 0 unspecified atom stereocenters. The largest absolute Gasteiger partial charge is 0.456 e. The smallest absolute Gasteiger partial charge is 0.145 e. The third-order valence-electron chi connectivity index (χ3n) is 11.2. The fraction of sp³-hybridized carbons (Fsp3) is 0. The minimum absolute atomic E-state index is 0.616. The molecule has 54 heavy (non-hydrogen) atoms. The predicted molar refractivity (Wildman–Crippen MR) is 220 cm³/mol. The first kappa shape index (κ1) is 29.1. The summed E-state index contributed by atoms with van der Waals surface area (Å²) >= 11 is 0. The van der Waals surface area contributed by atoms with Crippen LogP contribution < -0.4 is 0 Å². The quantitative estimate of drug-likeness (QED) is 0.185. The van der Waals surface area contributed by atoms with E-state index in [2.05, 4.69) is 149 Å². The Hall–Kier alpha value is -7.55.